The highest BCUT2D eigenvalue weighted by Crippen LogP contribution is 2.39. The van der Waals surface area contributed by atoms with Gasteiger partial charge in [-0.05, 0) is 25.5 Å². The average Bonchev–Trinajstić information content (AvgIpc) is 3.07. The zero-order valence-electron chi connectivity index (χ0n) is 12.4. The fourth-order valence-corrected chi connectivity index (χ4v) is 4.11. The van der Waals surface area contributed by atoms with Crippen molar-refractivity contribution in [1.29, 1.82) is 0 Å². The molecule has 1 fully saturated rings. The minimum Gasteiger partial charge on any atom is -0.381 e. The maximum atomic E-state index is 5.64. The molecule has 3 nitrogen and oxygen atoms in total. The third kappa shape index (κ3) is 3.03. The van der Waals surface area contributed by atoms with Crippen LogP contribution in [-0.4, -0.2) is 31.3 Å². The summed E-state index contributed by atoms with van der Waals surface area (Å²) in [7, 11) is 2.07. The number of likely N-dealkylation sites (N-methyl/N-ethyl adjacent to an activating group) is 1. The third-order valence-corrected chi connectivity index (χ3v) is 5.41. The Bertz CT molecular complexity index is 535. The zero-order chi connectivity index (χ0) is 14.5. The Labute approximate surface area is 130 Å². The first-order valence-electron chi connectivity index (χ1n) is 7.54. The lowest BCUT2D eigenvalue weighted by atomic mass is 9.68. The molecular weight excluding hydrogens is 280 g/mol. The predicted molar refractivity (Wildman–Crippen MR) is 86.8 cm³/mol. The molecule has 1 aromatic heterocycles. The van der Waals surface area contributed by atoms with Gasteiger partial charge in [-0.3, -0.25) is 0 Å². The summed E-state index contributed by atoms with van der Waals surface area (Å²) in [6.07, 6.45) is 5.00. The van der Waals surface area contributed by atoms with Crippen LogP contribution in [0.1, 0.15) is 23.4 Å². The van der Waals surface area contributed by atoms with E-state index in [1.54, 1.807) is 11.3 Å². The van der Waals surface area contributed by atoms with Gasteiger partial charge in [-0.25, -0.2) is 4.98 Å². The Morgan fingerprint density at radius 1 is 1.29 bits per heavy atom. The standard InChI is InChI=1S/C17H22N2OS/c1-18-15(13-16-19-9-12-21-16)17(7-10-20-11-8-17)14-5-3-2-4-6-14/h2-6,9,12,15,18H,7-8,10-11,13H2,1H3. The lowest BCUT2D eigenvalue weighted by Crippen LogP contribution is -2.51. The molecule has 1 aliphatic rings. The van der Waals surface area contributed by atoms with Gasteiger partial charge in [-0.2, -0.15) is 0 Å². The largest absolute Gasteiger partial charge is 0.381 e. The molecule has 0 spiro atoms. The van der Waals surface area contributed by atoms with Crippen molar-refractivity contribution in [2.75, 3.05) is 20.3 Å². The Balaban J connectivity index is 1.93. The first-order valence-corrected chi connectivity index (χ1v) is 8.42. The van der Waals surface area contributed by atoms with Crippen LogP contribution in [0.15, 0.2) is 41.9 Å². The van der Waals surface area contributed by atoms with Gasteiger partial charge in [0.1, 0.15) is 0 Å². The molecule has 0 bridgehead atoms. The second kappa shape index (κ2) is 6.69. The van der Waals surface area contributed by atoms with Gasteiger partial charge in [0.2, 0.25) is 0 Å². The van der Waals surface area contributed by atoms with E-state index in [9.17, 15) is 0 Å². The number of nitrogens with one attached hydrogen (secondary N) is 1. The molecule has 1 unspecified atom stereocenters. The van der Waals surface area contributed by atoms with E-state index < -0.39 is 0 Å². The average molecular weight is 302 g/mol. The molecule has 0 aliphatic carbocycles. The summed E-state index contributed by atoms with van der Waals surface area (Å²) >= 11 is 1.74. The number of thiazole rings is 1. The van der Waals surface area contributed by atoms with E-state index in [2.05, 4.69) is 53.1 Å². The number of rotatable bonds is 5. The van der Waals surface area contributed by atoms with Crippen LogP contribution in [0, 0.1) is 0 Å². The van der Waals surface area contributed by atoms with Crippen molar-refractivity contribution in [3.8, 4) is 0 Å². The Hall–Kier alpha value is -1.23. The molecule has 2 heterocycles. The third-order valence-electron chi connectivity index (χ3n) is 4.61. The summed E-state index contributed by atoms with van der Waals surface area (Å²) < 4.78 is 5.64. The van der Waals surface area contributed by atoms with Crippen LogP contribution < -0.4 is 5.32 Å². The topological polar surface area (TPSA) is 34.2 Å². The Morgan fingerprint density at radius 2 is 2.05 bits per heavy atom. The number of aromatic nitrogens is 1. The highest BCUT2D eigenvalue weighted by atomic mass is 32.1. The van der Waals surface area contributed by atoms with E-state index in [-0.39, 0.29) is 5.41 Å². The van der Waals surface area contributed by atoms with Crippen molar-refractivity contribution in [2.45, 2.75) is 30.7 Å². The number of hydrogen-bond acceptors (Lipinski definition) is 4. The zero-order valence-corrected chi connectivity index (χ0v) is 13.2. The molecule has 0 amide bonds. The van der Waals surface area contributed by atoms with E-state index in [4.69, 9.17) is 4.74 Å². The maximum Gasteiger partial charge on any atom is 0.0940 e. The molecule has 3 rings (SSSR count). The minimum atomic E-state index is 0.139. The quantitative estimate of drug-likeness (QED) is 0.922. The SMILES string of the molecule is CNC(Cc1nccs1)C1(c2ccccc2)CCOCC1. The molecule has 1 aliphatic heterocycles. The molecule has 2 aromatic rings. The van der Waals surface area contributed by atoms with Gasteiger partial charge < -0.3 is 10.1 Å². The van der Waals surface area contributed by atoms with Gasteiger partial charge >= 0.3 is 0 Å². The number of ether oxygens (including phenoxy) is 1. The molecule has 0 saturated carbocycles. The number of benzene rings is 1. The smallest absolute Gasteiger partial charge is 0.0940 e. The van der Waals surface area contributed by atoms with Gasteiger partial charge in [0.15, 0.2) is 0 Å². The summed E-state index contributed by atoms with van der Waals surface area (Å²) in [6.45, 7) is 1.68. The minimum absolute atomic E-state index is 0.139. The van der Waals surface area contributed by atoms with E-state index in [0.717, 1.165) is 32.5 Å². The molecule has 0 radical (unpaired) electrons. The van der Waals surface area contributed by atoms with Crippen molar-refractivity contribution >= 4 is 11.3 Å². The molecule has 21 heavy (non-hydrogen) atoms. The van der Waals surface area contributed by atoms with E-state index >= 15 is 0 Å². The van der Waals surface area contributed by atoms with Gasteiger partial charge in [-0.1, -0.05) is 30.3 Å². The van der Waals surface area contributed by atoms with Gasteiger partial charge in [0, 0.05) is 42.7 Å². The molecule has 1 aromatic carbocycles. The highest BCUT2D eigenvalue weighted by Gasteiger charge is 2.41. The summed E-state index contributed by atoms with van der Waals surface area (Å²) in [5, 5.41) is 6.82. The first-order chi connectivity index (χ1) is 10.3. The molecule has 1 saturated heterocycles. The van der Waals surface area contributed by atoms with Crippen molar-refractivity contribution < 1.29 is 4.74 Å². The molecule has 1 N–H and O–H groups in total. The normalized spacial score (nSPS) is 19.3. The summed E-state index contributed by atoms with van der Waals surface area (Å²) in [5.41, 5.74) is 1.56. The monoisotopic (exact) mass is 302 g/mol. The van der Waals surface area contributed by atoms with E-state index in [1.807, 2.05) is 6.20 Å². The van der Waals surface area contributed by atoms with Crippen molar-refractivity contribution in [3.05, 3.63) is 52.5 Å². The van der Waals surface area contributed by atoms with Gasteiger partial charge in [-0.15, -0.1) is 11.3 Å². The summed E-state index contributed by atoms with van der Waals surface area (Å²) in [4.78, 5) is 4.47. The van der Waals surface area contributed by atoms with Crippen molar-refractivity contribution in [1.82, 2.24) is 10.3 Å². The van der Waals surface area contributed by atoms with Gasteiger partial charge in [0.05, 0.1) is 5.01 Å². The van der Waals surface area contributed by atoms with Crippen LogP contribution >= 0.6 is 11.3 Å². The van der Waals surface area contributed by atoms with Gasteiger partial charge in [0.25, 0.3) is 0 Å². The van der Waals surface area contributed by atoms with Crippen LogP contribution in [0.5, 0.6) is 0 Å². The Kier molecular flexibility index (Phi) is 4.68. The van der Waals surface area contributed by atoms with Crippen LogP contribution in [0.2, 0.25) is 0 Å². The van der Waals surface area contributed by atoms with E-state index in [0.29, 0.717) is 6.04 Å². The lowest BCUT2D eigenvalue weighted by Gasteiger charge is -2.44. The molecule has 4 heteroatoms. The first kappa shape index (κ1) is 14.7. The van der Waals surface area contributed by atoms with E-state index in [1.165, 1.54) is 10.6 Å². The van der Waals surface area contributed by atoms with Crippen LogP contribution in [-0.2, 0) is 16.6 Å². The second-order valence-electron chi connectivity index (χ2n) is 5.61. The fraction of sp³-hybridized carbons (Fsp3) is 0.471. The van der Waals surface area contributed by atoms with Crippen LogP contribution in [0.3, 0.4) is 0 Å². The summed E-state index contributed by atoms with van der Waals surface area (Å²) in [6, 6.07) is 11.3. The predicted octanol–water partition coefficient (Wildman–Crippen LogP) is 3.02. The van der Waals surface area contributed by atoms with Crippen molar-refractivity contribution in [2.24, 2.45) is 0 Å². The molecular formula is C17H22N2OS. The van der Waals surface area contributed by atoms with Crippen LogP contribution in [0.4, 0.5) is 0 Å². The maximum absolute atomic E-state index is 5.64. The fourth-order valence-electron chi connectivity index (χ4n) is 3.45. The lowest BCUT2D eigenvalue weighted by molar-refractivity contribution is 0.0355. The van der Waals surface area contributed by atoms with Crippen LogP contribution in [0.25, 0.3) is 0 Å². The molecule has 1 atom stereocenters. The number of hydrogen-bond donors (Lipinski definition) is 1. The molecule has 112 valence electrons. The highest BCUT2D eigenvalue weighted by molar-refractivity contribution is 7.09. The second-order valence-corrected chi connectivity index (χ2v) is 6.58. The Morgan fingerprint density at radius 3 is 2.67 bits per heavy atom. The summed E-state index contributed by atoms with van der Waals surface area (Å²) in [5.74, 6) is 0. The number of nitrogens with zero attached hydrogens (tertiary/aromatic N) is 1. The van der Waals surface area contributed by atoms with Crippen molar-refractivity contribution in [3.63, 3.8) is 0 Å².